The predicted molar refractivity (Wildman–Crippen MR) is 101 cm³/mol. The smallest absolute Gasteiger partial charge is 0.248 e. The van der Waals surface area contributed by atoms with Gasteiger partial charge in [-0.2, -0.15) is 0 Å². The molecule has 0 aliphatic carbocycles. The van der Waals surface area contributed by atoms with Crippen molar-refractivity contribution in [3.05, 3.63) is 65.0 Å². The highest BCUT2D eigenvalue weighted by Gasteiger charge is 2.19. The Morgan fingerprint density at radius 3 is 2.46 bits per heavy atom. The number of anilines is 1. The molecule has 0 aromatic heterocycles. The number of sulfonamides is 1. The van der Waals surface area contributed by atoms with E-state index in [2.05, 4.69) is 5.32 Å². The molecule has 2 aromatic carbocycles. The van der Waals surface area contributed by atoms with Crippen LogP contribution in [0.1, 0.15) is 16.7 Å². The van der Waals surface area contributed by atoms with E-state index in [1.54, 1.807) is 32.0 Å². The Morgan fingerprint density at radius 1 is 1.15 bits per heavy atom. The number of hydrogen-bond acceptors (Lipinski definition) is 3. The zero-order chi connectivity index (χ0) is 19.5. The number of rotatable bonds is 5. The second kappa shape index (κ2) is 7.80. The van der Waals surface area contributed by atoms with Crippen LogP contribution in [0, 0.1) is 19.7 Å². The van der Waals surface area contributed by atoms with E-state index in [1.807, 2.05) is 0 Å². The summed E-state index contributed by atoms with van der Waals surface area (Å²) in [4.78, 5) is 12.3. The number of carbonyl (C=O) groups excluding carboxylic acids is 1. The third-order valence-corrected chi connectivity index (χ3v) is 5.75. The lowest BCUT2D eigenvalue weighted by Crippen LogP contribution is -2.22. The van der Waals surface area contributed by atoms with Gasteiger partial charge in [-0.3, -0.25) is 4.79 Å². The van der Waals surface area contributed by atoms with Crippen LogP contribution in [-0.4, -0.2) is 32.7 Å². The van der Waals surface area contributed by atoms with Crippen LogP contribution >= 0.6 is 0 Å². The molecule has 1 amide bonds. The summed E-state index contributed by atoms with van der Waals surface area (Å²) < 4.78 is 39.0. The van der Waals surface area contributed by atoms with Gasteiger partial charge in [0.25, 0.3) is 0 Å². The monoisotopic (exact) mass is 376 g/mol. The van der Waals surface area contributed by atoms with Crippen molar-refractivity contribution >= 4 is 27.7 Å². The second-order valence-corrected chi connectivity index (χ2v) is 8.23. The largest absolute Gasteiger partial charge is 0.322 e. The standard InChI is InChI=1S/C19H21FN2O3S/c1-13-10-17(26(24,25)22(3)4)12-18(14(13)2)21-19(23)9-8-15-6-5-7-16(20)11-15/h5-12H,1-4H3,(H,21,23)/b9-8+. The Labute approximate surface area is 153 Å². The van der Waals surface area contributed by atoms with E-state index in [0.29, 0.717) is 11.3 Å². The van der Waals surface area contributed by atoms with Crippen molar-refractivity contribution in [2.24, 2.45) is 0 Å². The molecule has 0 aliphatic rings. The van der Waals surface area contributed by atoms with Crippen LogP contribution in [0.2, 0.25) is 0 Å². The molecule has 0 saturated heterocycles. The summed E-state index contributed by atoms with van der Waals surface area (Å²) in [6.45, 7) is 3.58. The SMILES string of the molecule is Cc1cc(S(=O)(=O)N(C)C)cc(NC(=O)/C=C/c2cccc(F)c2)c1C. The Bertz CT molecular complexity index is 967. The van der Waals surface area contributed by atoms with E-state index in [9.17, 15) is 17.6 Å². The minimum Gasteiger partial charge on any atom is -0.322 e. The van der Waals surface area contributed by atoms with E-state index in [-0.39, 0.29) is 10.7 Å². The number of amides is 1. The fraction of sp³-hybridized carbons (Fsp3) is 0.211. The van der Waals surface area contributed by atoms with Crippen LogP contribution in [0.3, 0.4) is 0 Å². The molecule has 1 N–H and O–H groups in total. The van der Waals surface area contributed by atoms with E-state index in [1.165, 1.54) is 44.4 Å². The topological polar surface area (TPSA) is 66.5 Å². The molecule has 0 heterocycles. The van der Waals surface area contributed by atoms with Crippen molar-refractivity contribution in [3.63, 3.8) is 0 Å². The Kier molecular flexibility index (Phi) is 5.94. The lowest BCUT2D eigenvalue weighted by atomic mass is 10.1. The van der Waals surface area contributed by atoms with Crippen molar-refractivity contribution in [1.82, 2.24) is 4.31 Å². The highest BCUT2D eigenvalue weighted by molar-refractivity contribution is 7.89. The van der Waals surface area contributed by atoms with Crippen molar-refractivity contribution < 1.29 is 17.6 Å². The first kappa shape index (κ1) is 19.8. The maximum Gasteiger partial charge on any atom is 0.248 e. The summed E-state index contributed by atoms with van der Waals surface area (Å²) in [5, 5.41) is 2.68. The number of benzene rings is 2. The van der Waals surface area contributed by atoms with Crippen LogP contribution in [-0.2, 0) is 14.8 Å². The Balaban J connectivity index is 2.28. The maximum absolute atomic E-state index is 13.2. The van der Waals surface area contributed by atoms with E-state index in [4.69, 9.17) is 0 Å². The van der Waals surface area contributed by atoms with E-state index in [0.717, 1.165) is 15.4 Å². The minimum absolute atomic E-state index is 0.106. The van der Waals surface area contributed by atoms with Crippen molar-refractivity contribution in [2.45, 2.75) is 18.7 Å². The summed E-state index contributed by atoms with van der Waals surface area (Å²) in [5.74, 6) is -0.822. The van der Waals surface area contributed by atoms with Gasteiger partial charge >= 0.3 is 0 Å². The third kappa shape index (κ3) is 4.56. The van der Waals surface area contributed by atoms with Crippen LogP contribution in [0.25, 0.3) is 6.08 Å². The first-order valence-electron chi connectivity index (χ1n) is 7.89. The lowest BCUT2D eigenvalue weighted by Gasteiger charge is -2.16. The molecule has 0 spiro atoms. The number of nitrogens with one attached hydrogen (secondary N) is 1. The number of aryl methyl sites for hydroxylation is 1. The number of hydrogen-bond donors (Lipinski definition) is 1. The van der Waals surface area contributed by atoms with Gasteiger partial charge in [0, 0.05) is 25.9 Å². The maximum atomic E-state index is 13.2. The summed E-state index contributed by atoms with van der Waals surface area (Å²) >= 11 is 0. The Morgan fingerprint density at radius 2 is 1.85 bits per heavy atom. The summed E-state index contributed by atoms with van der Waals surface area (Å²) in [6, 6.07) is 8.86. The van der Waals surface area contributed by atoms with Crippen LogP contribution in [0.15, 0.2) is 47.4 Å². The number of nitrogens with zero attached hydrogens (tertiary/aromatic N) is 1. The van der Waals surface area contributed by atoms with Crippen LogP contribution in [0.5, 0.6) is 0 Å². The molecule has 0 radical (unpaired) electrons. The quantitative estimate of drug-likeness (QED) is 0.814. The molecular weight excluding hydrogens is 355 g/mol. The van der Waals surface area contributed by atoms with Crippen molar-refractivity contribution in [1.29, 1.82) is 0 Å². The Hall–Kier alpha value is -2.51. The van der Waals surface area contributed by atoms with Gasteiger partial charge in [0.1, 0.15) is 5.82 Å². The third-order valence-electron chi connectivity index (χ3n) is 3.95. The summed E-state index contributed by atoms with van der Waals surface area (Å²) in [6.07, 6.45) is 2.76. The van der Waals surface area contributed by atoms with Crippen molar-refractivity contribution in [2.75, 3.05) is 19.4 Å². The fourth-order valence-electron chi connectivity index (χ4n) is 2.27. The molecule has 0 fully saturated rings. The summed E-state index contributed by atoms with van der Waals surface area (Å²) in [5.41, 5.74) is 2.49. The van der Waals surface area contributed by atoms with Gasteiger partial charge in [0.05, 0.1) is 4.90 Å². The average molecular weight is 376 g/mol. The van der Waals surface area contributed by atoms with Gasteiger partial charge in [0.15, 0.2) is 0 Å². The number of carbonyl (C=O) groups is 1. The summed E-state index contributed by atoms with van der Waals surface area (Å²) in [7, 11) is -0.714. The van der Waals surface area contributed by atoms with Gasteiger partial charge in [0.2, 0.25) is 15.9 Å². The van der Waals surface area contributed by atoms with Crippen molar-refractivity contribution in [3.8, 4) is 0 Å². The predicted octanol–water partition coefficient (Wildman–Crippen LogP) is 3.34. The molecule has 0 bridgehead atoms. The molecule has 7 heteroatoms. The molecule has 138 valence electrons. The molecule has 0 aliphatic heterocycles. The van der Waals surface area contributed by atoms with Crippen LogP contribution in [0.4, 0.5) is 10.1 Å². The van der Waals surface area contributed by atoms with E-state index >= 15 is 0 Å². The highest BCUT2D eigenvalue weighted by atomic mass is 32.2. The lowest BCUT2D eigenvalue weighted by molar-refractivity contribution is -0.111. The van der Waals surface area contributed by atoms with Crippen LogP contribution < -0.4 is 5.32 Å². The second-order valence-electron chi connectivity index (χ2n) is 6.08. The van der Waals surface area contributed by atoms with Gasteiger partial charge < -0.3 is 5.32 Å². The average Bonchev–Trinajstić information content (AvgIpc) is 2.56. The van der Waals surface area contributed by atoms with E-state index < -0.39 is 15.9 Å². The zero-order valence-electron chi connectivity index (χ0n) is 15.1. The molecular formula is C19H21FN2O3S. The molecule has 0 saturated carbocycles. The van der Waals surface area contributed by atoms with Gasteiger partial charge in [-0.25, -0.2) is 17.1 Å². The molecule has 2 aromatic rings. The highest BCUT2D eigenvalue weighted by Crippen LogP contribution is 2.25. The fourth-order valence-corrected chi connectivity index (χ4v) is 3.29. The van der Waals surface area contributed by atoms with Gasteiger partial charge in [-0.05, 0) is 60.9 Å². The molecule has 0 unspecified atom stereocenters. The van der Waals surface area contributed by atoms with Gasteiger partial charge in [-0.1, -0.05) is 12.1 Å². The zero-order valence-corrected chi connectivity index (χ0v) is 15.9. The van der Waals surface area contributed by atoms with Gasteiger partial charge in [-0.15, -0.1) is 0 Å². The number of halogens is 1. The first-order valence-corrected chi connectivity index (χ1v) is 9.33. The molecule has 26 heavy (non-hydrogen) atoms. The normalized spacial score (nSPS) is 11.9. The molecule has 2 rings (SSSR count). The minimum atomic E-state index is -3.61. The molecule has 0 atom stereocenters. The molecule has 5 nitrogen and oxygen atoms in total. The first-order chi connectivity index (χ1) is 12.1.